The Kier molecular flexibility index (Phi) is 7.51. The molecule has 0 spiro atoms. The Morgan fingerprint density at radius 3 is 2.22 bits per heavy atom. The van der Waals surface area contributed by atoms with E-state index in [4.69, 9.17) is 4.74 Å². The molecule has 0 aromatic heterocycles. The second kappa shape index (κ2) is 10.3. The molecule has 2 aromatic rings. The van der Waals surface area contributed by atoms with Gasteiger partial charge in [-0.3, -0.25) is 4.79 Å². The first-order valence-corrected chi connectivity index (χ1v) is 13.3. The van der Waals surface area contributed by atoms with Crippen molar-refractivity contribution >= 4 is 21.6 Å². The second-order valence-electron chi connectivity index (χ2n) is 9.17. The van der Waals surface area contributed by atoms with E-state index in [0.717, 1.165) is 17.7 Å². The van der Waals surface area contributed by atoms with Gasteiger partial charge < -0.3 is 14.5 Å². The molecule has 0 radical (unpaired) electrons. The smallest absolute Gasteiger partial charge is 0.416 e. The van der Waals surface area contributed by atoms with Gasteiger partial charge in [0.2, 0.25) is 15.9 Å². The van der Waals surface area contributed by atoms with E-state index in [9.17, 15) is 26.4 Å². The fraction of sp³-hybridized carbons (Fsp3) is 0.480. The molecule has 0 N–H and O–H groups in total. The van der Waals surface area contributed by atoms with E-state index >= 15 is 0 Å². The summed E-state index contributed by atoms with van der Waals surface area (Å²) in [7, 11) is -2.14. The zero-order valence-corrected chi connectivity index (χ0v) is 21.1. The van der Waals surface area contributed by atoms with Gasteiger partial charge in [-0.15, -0.1) is 0 Å². The van der Waals surface area contributed by atoms with E-state index in [2.05, 4.69) is 0 Å². The molecule has 0 aliphatic carbocycles. The number of hydrogen-bond acceptors (Lipinski definition) is 5. The number of benzene rings is 2. The van der Waals surface area contributed by atoms with Crippen LogP contribution in [0, 0.1) is 12.8 Å². The molecule has 0 unspecified atom stereocenters. The highest BCUT2D eigenvalue weighted by atomic mass is 32.2. The minimum Gasteiger partial charge on any atom is -0.496 e. The predicted octanol–water partition coefficient (Wildman–Crippen LogP) is 3.77. The van der Waals surface area contributed by atoms with Gasteiger partial charge in [0.05, 0.1) is 17.6 Å². The highest BCUT2D eigenvalue weighted by Crippen LogP contribution is 2.32. The number of nitrogens with zero attached hydrogens (tertiary/aromatic N) is 3. The molecule has 7 nitrogen and oxygen atoms in total. The van der Waals surface area contributed by atoms with Gasteiger partial charge in [0, 0.05) is 50.9 Å². The van der Waals surface area contributed by atoms with E-state index in [-0.39, 0.29) is 29.8 Å². The van der Waals surface area contributed by atoms with Gasteiger partial charge in [-0.25, -0.2) is 8.42 Å². The Labute approximate surface area is 209 Å². The third-order valence-electron chi connectivity index (χ3n) is 6.94. The van der Waals surface area contributed by atoms with Crippen LogP contribution in [0.3, 0.4) is 0 Å². The topological polar surface area (TPSA) is 70.2 Å². The molecule has 4 rings (SSSR count). The number of amides is 1. The van der Waals surface area contributed by atoms with Gasteiger partial charge in [0.25, 0.3) is 0 Å². The minimum absolute atomic E-state index is 0.0176. The summed E-state index contributed by atoms with van der Waals surface area (Å²) in [4.78, 5) is 16.9. The molecule has 0 atom stereocenters. The maximum Gasteiger partial charge on any atom is 0.416 e. The number of methoxy groups -OCH3 is 1. The van der Waals surface area contributed by atoms with E-state index in [1.54, 1.807) is 30.0 Å². The van der Waals surface area contributed by atoms with Crippen molar-refractivity contribution in [1.82, 2.24) is 9.21 Å². The Hall–Kier alpha value is -2.79. The van der Waals surface area contributed by atoms with Crippen LogP contribution in [0.2, 0.25) is 0 Å². The minimum atomic E-state index is -4.40. The van der Waals surface area contributed by atoms with E-state index in [1.165, 1.54) is 23.5 Å². The van der Waals surface area contributed by atoms with Gasteiger partial charge in [0.1, 0.15) is 5.75 Å². The van der Waals surface area contributed by atoms with Gasteiger partial charge in [0.15, 0.2) is 0 Å². The quantitative estimate of drug-likeness (QED) is 0.595. The average molecular weight is 526 g/mol. The lowest BCUT2D eigenvalue weighted by Gasteiger charge is -2.39. The van der Waals surface area contributed by atoms with Crippen LogP contribution in [0.1, 0.15) is 24.0 Å². The summed E-state index contributed by atoms with van der Waals surface area (Å²) in [6, 6.07) is 9.98. The normalized spacial score (nSPS) is 18.4. The molecule has 2 aliphatic rings. The van der Waals surface area contributed by atoms with Gasteiger partial charge >= 0.3 is 6.18 Å². The summed E-state index contributed by atoms with van der Waals surface area (Å²) in [5.41, 5.74) is 0.530. The average Bonchev–Trinajstić information content (AvgIpc) is 2.88. The third kappa shape index (κ3) is 5.46. The molecule has 36 heavy (non-hydrogen) atoms. The Bertz CT molecular complexity index is 1200. The third-order valence-corrected chi connectivity index (χ3v) is 8.83. The highest BCUT2D eigenvalue weighted by Gasteiger charge is 2.35. The number of carbonyl (C=O) groups is 1. The van der Waals surface area contributed by atoms with Crippen molar-refractivity contribution in [3.05, 3.63) is 53.6 Å². The fourth-order valence-electron chi connectivity index (χ4n) is 4.83. The van der Waals surface area contributed by atoms with Gasteiger partial charge in [-0.2, -0.15) is 17.5 Å². The van der Waals surface area contributed by atoms with Crippen LogP contribution in [-0.4, -0.2) is 69.9 Å². The molecule has 2 heterocycles. The first kappa shape index (κ1) is 26.3. The molecule has 2 aliphatic heterocycles. The van der Waals surface area contributed by atoms with E-state index in [0.29, 0.717) is 50.5 Å². The Morgan fingerprint density at radius 2 is 1.64 bits per heavy atom. The summed E-state index contributed by atoms with van der Waals surface area (Å²) in [5, 5.41) is 0. The first-order chi connectivity index (χ1) is 17.0. The molecule has 0 saturated carbocycles. The number of anilines is 1. The molecular weight excluding hydrogens is 495 g/mol. The molecular formula is C25H30F3N3O4S. The van der Waals surface area contributed by atoms with Gasteiger partial charge in [-0.1, -0.05) is 6.07 Å². The van der Waals surface area contributed by atoms with Crippen LogP contribution in [0.4, 0.5) is 18.9 Å². The number of alkyl halides is 3. The lowest BCUT2D eigenvalue weighted by atomic mass is 9.96. The van der Waals surface area contributed by atoms with E-state index in [1.807, 2.05) is 4.90 Å². The second-order valence-corrected chi connectivity index (χ2v) is 11.1. The Balaban J connectivity index is 1.32. The van der Waals surface area contributed by atoms with Crippen molar-refractivity contribution in [3.8, 4) is 5.75 Å². The first-order valence-electron chi connectivity index (χ1n) is 11.9. The van der Waals surface area contributed by atoms with Crippen LogP contribution >= 0.6 is 0 Å². The number of piperazine rings is 1. The standard InChI is InChI=1S/C25H30F3N3O4S/c1-18-16-22(6-7-23(18)35-2)36(33,34)31-10-8-19(9-11-31)24(32)30-14-12-29(13-15-30)21-5-3-4-20(17-21)25(26,27)28/h3-7,16-17,19H,8-15H2,1-2H3. The highest BCUT2D eigenvalue weighted by molar-refractivity contribution is 7.89. The summed E-state index contributed by atoms with van der Waals surface area (Å²) < 4.78 is 71.9. The van der Waals surface area contributed by atoms with Crippen LogP contribution in [0.25, 0.3) is 0 Å². The summed E-state index contributed by atoms with van der Waals surface area (Å²) in [6.45, 7) is 4.02. The maximum absolute atomic E-state index is 13.1. The molecule has 2 saturated heterocycles. The zero-order chi connectivity index (χ0) is 26.1. The lowest BCUT2D eigenvalue weighted by molar-refractivity contribution is -0.137. The molecule has 196 valence electrons. The number of sulfonamides is 1. The summed E-state index contributed by atoms with van der Waals surface area (Å²) in [6.07, 6.45) is -3.54. The van der Waals surface area contributed by atoms with Crippen LogP contribution in [-0.2, 0) is 21.0 Å². The number of carbonyl (C=O) groups excluding carboxylic acids is 1. The maximum atomic E-state index is 13.1. The zero-order valence-electron chi connectivity index (χ0n) is 20.3. The van der Waals surface area contributed by atoms with Crippen LogP contribution < -0.4 is 9.64 Å². The summed E-state index contributed by atoms with van der Waals surface area (Å²) >= 11 is 0. The summed E-state index contributed by atoms with van der Waals surface area (Å²) in [5.74, 6) is 0.330. The van der Waals surface area contributed by atoms with Crippen molar-refractivity contribution < 1.29 is 31.1 Å². The SMILES string of the molecule is COc1ccc(S(=O)(=O)N2CCC(C(=O)N3CCN(c4cccc(C(F)(F)F)c4)CC3)CC2)cc1C. The van der Waals surface area contributed by atoms with Crippen LogP contribution in [0.5, 0.6) is 5.75 Å². The van der Waals surface area contributed by atoms with Gasteiger partial charge in [-0.05, 0) is 61.7 Å². The number of ether oxygens (including phenoxy) is 1. The molecule has 0 bridgehead atoms. The molecule has 1 amide bonds. The predicted molar refractivity (Wildman–Crippen MR) is 129 cm³/mol. The van der Waals surface area contributed by atoms with E-state index < -0.39 is 21.8 Å². The number of piperidine rings is 1. The van der Waals surface area contributed by atoms with Crippen molar-refractivity contribution in [2.75, 3.05) is 51.3 Å². The van der Waals surface area contributed by atoms with Crippen molar-refractivity contribution in [1.29, 1.82) is 0 Å². The fourth-order valence-corrected chi connectivity index (χ4v) is 6.38. The number of aryl methyl sites for hydroxylation is 1. The Morgan fingerprint density at radius 1 is 0.972 bits per heavy atom. The number of halogens is 3. The molecule has 11 heteroatoms. The monoisotopic (exact) mass is 525 g/mol. The lowest BCUT2D eigenvalue weighted by Crippen LogP contribution is -2.52. The number of hydrogen-bond donors (Lipinski definition) is 0. The largest absolute Gasteiger partial charge is 0.496 e. The van der Waals surface area contributed by atoms with Crippen LogP contribution in [0.15, 0.2) is 47.4 Å². The van der Waals surface area contributed by atoms with Crippen molar-refractivity contribution in [2.24, 2.45) is 5.92 Å². The molecule has 2 aromatic carbocycles. The van der Waals surface area contributed by atoms with Crippen molar-refractivity contribution in [3.63, 3.8) is 0 Å². The molecule has 2 fully saturated rings. The number of rotatable bonds is 5. The van der Waals surface area contributed by atoms with Crippen molar-refractivity contribution in [2.45, 2.75) is 30.8 Å².